The van der Waals surface area contributed by atoms with Crippen LogP contribution in [0.4, 0.5) is 0 Å². The van der Waals surface area contributed by atoms with Crippen molar-refractivity contribution in [3.05, 3.63) is 24.2 Å². The average molecular weight is 249 g/mol. The standard InChI is InChI=1S/C13H19N3O2/c17-13(11-2-8-18-10-11)16-6-4-15(5-7-16)12-1-3-14-9-12/h2,8,10,12,14H,1,3-7,9H2. The second-order valence-corrected chi connectivity index (χ2v) is 4.99. The SMILES string of the molecule is O=C(c1ccoc1)N1CCN(C2CCNC2)CC1. The molecule has 2 aliphatic heterocycles. The minimum Gasteiger partial charge on any atom is -0.472 e. The summed E-state index contributed by atoms with van der Waals surface area (Å²) in [5.41, 5.74) is 0.658. The van der Waals surface area contributed by atoms with Crippen molar-refractivity contribution >= 4 is 5.91 Å². The zero-order valence-corrected chi connectivity index (χ0v) is 10.5. The van der Waals surface area contributed by atoms with Gasteiger partial charge >= 0.3 is 0 Å². The zero-order valence-electron chi connectivity index (χ0n) is 10.5. The summed E-state index contributed by atoms with van der Waals surface area (Å²) in [4.78, 5) is 16.5. The summed E-state index contributed by atoms with van der Waals surface area (Å²) in [6.45, 7) is 5.82. The van der Waals surface area contributed by atoms with Crippen molar-refractivity contribution < 1.29 is 9.21 Å². The number of carbonyl (C=O) groups excluding carboxylic acids is 1. The van der Waals surface area contributed by atoms with E-state index in [1.807, 2.05) is 4.90 Å². The first-order valence-corrected chi connectivity index (χ1v) is 6.61. The highest BCUT2D eigenvalue weighted by Gasteiger charge is 2.28. The Bertz CT molecular complexity index is 390. The van der Waals surface area contributed by atoms with Crippen LogP contribution in [0.2, 0.25) is 0 Å². The van der Waals surface area contributed by atoms with Gasteiger partial charge in [-0.05, 0) is 19.0 Å². The fraction of sp³-hybridized carbons (Fsp3) is 0.615. The molecular weight excluding hydrogens is 230 g/mol. The molecule has 2 fully saturated rings. The summed E-state index contributed by atoms with van der Waals surface area (Å²) in [6.07, 6.45) is 4.30. The summed E-state index contributed by atoms with van der Waals surface area (Å²) in [5.74, 6) is 0.0907. The van der Waals surface area contributed by atoms with E-state index in [-0.39, 0.29) is 5.91 Å². The van der Waals surface area contributed by atoms with Crippen LogP contribution in [0.3, 0.4) is 0 Å². The average Bonchev–Trinajstić information content (AvgIpc) is 3.11. The largest absolute Gasteiger partial charge is 0.472 e. The number of hydrogen-bond acceptors (Lipinski definition) is 4. The molecule has 1 unspecified atom stereocenters. The van der Waals surface area contributed by atoms with Crippen molar-refractivity contribution in [2.45, 2.75) is 12.5 Å². The molecule has 1 aromatic rings. The lowest BCUT2D eigenvalue weighted by Gasteiger charge is -2.37. The van der Waals surface area contributed by atoms with Gasteiger partial charge < -0.3 is 14.6 Å². The Labute approximate surface area is 107 Å². The summed E-state index contributed by atoms with van der Waals surface area (Å²) in [7, 11) is 0. The summed E-state index contributed by atoms with van der Waals surface area (Å²) < 4.78 is 4.96. The number of carbonyl (C=O) groups is 1. The van der Waals surface area contributed by atoms with Crippen LogP contribution in [0.5, 0.6) is 0 Å². The molecule has 98 valence electrons. The van der Waals surface area contributed by atoms with Gasteiger partial charge in [0.15, 0.2) is 0 Å². The number of nitrogens with zero attached hydrogens (tertiary/aromatic N) is 2. The Morgan fingerprint density at radius 2 is 2.17 bits per heavy atom. The van der Waals surface area contributed by atoms with E-state index in [0.717, 1.165) is 39.3 Å². The molecule has 0 aromatic carbocycles. The van der Waals surface area contributed by atoms with Crippen molar-refractivity contribution in [3.8, 4) is 0 Å². The fourth-order valence-electron chi connectivity index (χ4n) is 2.81. The van der Waals surface area contributed by atoms with Gasteiger partial charge in [-0.2, -0.15) is 0 Å². The first-order chi connectivity index (χ1) is 8.84. The van der Waals surface area contributed by atoms with E-state index in [4.69, 9.17) is 4.42 Å². The van der Waals surface area contributed by atoms with Crippen molar-refractivity contribution in [3.63, 3.8) is 0 Å². The molecule has 1 atom stereocenters. The highest BCUT2D eigenvalue weighted by atomic mass is 16.3. The van der Waals surface area contributed by atoms with Crippen LogP contribution in [-0.4, -0.2) is 61.0 Å². The molecular formula is C13H19N3O2. The normalized spacial score (nSPS) is 25.6. The van der Waals surface area contributed by atoms with Gasteiger partial charge in [0.2, 0.25) is 0 Å². The van der Waals surface area contributed by atoms with Gasteiger partial charge in [0.25, 0.3) is 5.91 Å². The molecule has 2 saturated heterocycles. The number of rotatable bonds is 2. The summed E-state index contributed by atoms with van der Waals surface area (Å²) in [5, 5.41) is 3.39. The zero-order chi connectivity index (χ0) is 12.4. The molecule has 3 rings (SSSR count). The van der Waals surface area contributed by atoms with Gasteiger partial charge in [0.05, 0.1) is 11.8 Å². The second kappa shape index (κ2) is 5.12. The molecule has 5 nitrogen and oxygen atoms in total. The molecule has 1 aromatic heterocycles. The second-order valence-electron chi connectivity index (χ2n) is 4.99. The van der Waals surface area contributed by atoms with Crippen LogP contribution < -0.4 is 5.32 Å². The maximum Gasteiger partial charge on any atom is 0.257 e. The molecule has 0 radical (unpaired) electrons. The summed E-state index contributed by atoms with van der Waals surface area (Å²) >= 11 is 0. The van der Waals surface area contributed by atoms with Gasteiger partial charge in [-0.1, -0.05) is 0 Å². The highest BCUT2D eigenvalue weighted by Crippen LogP contribution is 2.14. The minimum atomic E-state index is 0.0907. The maximum atomic E-state index is 12.1. The Morgan fingerprint density at radius 3 is 2.78 bits per heavy atom. The number of furan rings is 1. The number of hydrogen-bond donors (Lipinski definition) is 1. The molecule has 0 aliphatic carbocycles. The molecule has 0 saturated carbocycles. The lowest BCUT2D eigenvalue weighted by atomic mass is 10.1. The Balaban J connectivity index is 1.55. The van der Waals surface area contributed by atoms with Gasteiger partial charge in [-0.25, -0.2) is 0 Å². The molecule has 3 heterocycles. The monoisotopic (exact) mass is 249 g/mol. The highest BCUT2D eigenvalue weighted by molar-refractivity contribution is 5.93. The fourth-order valence-corrected chi connectivity index (χ4v) is 2.81. The molecule has 1 N–H and O–H groups in total. The van der Waals surface area contributed by atoms with Gasteiger partial charge in [0.1, 0.15) is 6.26 Å². The van der Waals surface area contributed by atoms with Crippen molar-refractivity contribution in [1.29, 1.82) is 0 Å². The Morgan fingerprint density at radius 1 is 1.33 bits per heavy atom. The molecule has 0 spiro atoms. The predicted octanol–water partition coefficient (Wildman–Crippen LogP) is 0.399. The molecule has 2 aliphatic rings. The molecule has 5 heteroatoms. The number of piperazine rings is 1. The van der Waals surface area contributed by atoms with Crippen LogP contribution in [0.15, 0.2) is 23.0 Å². The lowest BCUT2D eigenvalue weighted by Crippen LogP contribution is -2.52. The van der Waals surface area contributed by atoms with Crippen molar-refractivity contribution in [2.24, 2.45) is 0 Å². The van der Waals surface area contributed by atoms with Crippen molar-refractivity contribution in [1.82, 2.24) is 15.1 Å². The van der Waals surface area contributed by atoms with Gasteiger partial charge in [0, 0.05) is 38.8 Å². The van der Waals surface area contributed by atoms with E-state index in [2.05, 4.69) is 10.2 Å². The lowest BCUT2D eigenvalue weighted by molar-refractivity contribution is 0.0583. The van der Waals surface area contributed by atoms with Crippen LogP contribution in [0.25, 0.3) is 0 Å². The van der Waals surface area contributed by atoms with E-state index >= 15 is 0 Å². The first-order valence-electron chi connectivity index (χ1n) is 6.61. The quantitative estimate of drug-likeness (QED) is 0.824. The van der Waals surface area contributed by atoms with Crippen LogP contribution in [0.1, 0.15) is 16.8 Å². The van der Waals surface area contributed by atoms with E-state index in [1.165, 1.54) is 12.7 Å². The van der Waals surface area contributed by atoms with Crippen LogP contribution >= 0.6 is 0 Å². The Kier molecular flexibility index (Phi) is 3.34. The topological polar surface area (TPSA) is 48.7 Å². The summed E-state index contributed by atoms with van der Waals surface area (Å²) in [6, 6.07) is 2.39. The van der Waals surface area contributed by atoms with Crippen LogP contribution in [0, 0.1) is 0 Å². The van der Waals surface area contributed by atoms with E-state index in [9.17, 15) is 4.79 Å². The van der Waals surface area contributed by atoms with Crippen molar-refractivity contribution in [2.75, 3.05) is 39.3 Å². The smallest absolute Gasteiger partial charge is 0.257 e. The third-order valence-corrected chi connectivity index (χ3v) is 3.92. The van der Waals surface area contributed by atoms with E-state index in [1.54, 1.807) is 12.3 Å². The third-order valence-electron chi connectivity index (χ3n) is 3.92. The third kappa shape index (κ3) is 2.28. The maximum absolute atomic E-state index is 12.1. The van der Waals surface area contributed by atoms with E-state index < -0.39 is 0 Å². The first kappa shape index (κ1) is 11.7. The predicted molar refractivity (Wildman–Crippen MR) is 67.5 cm³/mol. The number of nitrogens with one attached hydrogen (secondary N) is 1. The molecule has 0 bridgehead atoms. The Hall–Kier alpha value is -1.33. The number of amides is 1. The van der Waals surface area contributed by atoms with E-state index in [0.29, 0.717) is 11.6 Å². The molecule has 1 amide bonds. The van der Waals surface area contributed by atoms with Crippen LogP contribution in [-0.2, 0) is 0 Å². The van der Waals surface area contributed by atoms with Gasteiger partial charge in [-0.15, -0.1) is 0 Å². The van der Waals surface area contributed by atoms with Gasteiger partial charge in [-0.3, -0.25) is 9.69 Å². The minimum absolute atomic E-state index is 0.0907. The molecule has 18 heavy (non-hydrogen) atoms.